The maximum absolute atomic E-state index is 13.4. The van der Waals surface area contributed by atoms with Gasteiger partial charge in [0, 0.05) is 12.4 Å². The van der Waals surface area contributed by atoms with Crippen molar-refractivity contribution in [2.24, 2.45) is 0 Å². The minimum Gasteiger partial charge on any atom is -0.287 e. The summed E-state index contributed by atoms with van der Waals surface area (Å²) in [6, 6.07) is 1.50. The van der Waals surface area contributed by atoms with Crippen LogP contribution in [0, 0.1) is 11.6 Å². The normalized spacial score (nSPS) is 10.3. The topological polar surface area (TPSA) is 42.9 Å². The van der Waals surface area contributed by atoms with Crippen LogP contribution in [0.4, 0.5) is 8.78 Å². The highest BCUT2D eigenvalue weighted by atomic mass is 35.5. The molecule has 0 radical (unpaired) electrons. The summed E-state index contributed by atoms with van der Waals surface area (Å²) in [5.74, 6) is -2.50. The number of hydrogen-bond donors (Lipinski definition) is 0. The number of rotatable bonds is 2. The average molecular weight is 255 g/mol. The summed E-state index contributed by atoms with van der Waals surface area (Å²) in [6.45, 7) is 0. The van der Waals surface area contributed by atoms with Crippen molar-refractivity contribution >= 4 is 17.4 Å². The molecule has 0 aliphatic carbocycles. The van der Waals surface area contributed by atoms with Crippen LogP contribution in [0.2, 0.25) is 5.02 Å². The highest BCUT2D eigenvalue weighted by Crippen LogP contribution is 2.20. The van der Waals surface area contributed by atoms with Crippen LogP contribution in [0.25, 0.3) is 0 Å². The lowest BCUT2D eigenvalue weighted by Gasteiger charge is -2.03. The Kier molecular flexibility index (Phi) is 3.10. The summed E-state index contributed by atoms with van der Waals surface area (Å²) < 4.78 is 26.6. The van der Waals surface area contributed by atoms with Crippen LogP contribution in [0.5, 0.6) is 0 Å². The van der Waals surface area contributed by atoms with Crippen LogP contribution < -0.4 is 0 Å². The zero-order valence-electron chi connectivity index (χ0n) is 8.32. The van der Waals surface area contributed by atoms with Gasteiger partial charge in [-0.3, -0.25) is 9.78 Å². The molecule has 6 heteroatoms. The third kappa shape index (κ3) is 2.29. The van der Waals surface area contributed by atoms with E-state index >= 15 is 0 Å². The molecule has 2 rings (SSSR count). The zero-order chi connectivity index (χ0) is 12.4. The summed E-state index contributed by atoms with van der Waals surface area (Å²) >= 11 is 5.38. The number of nitrogens with zero attached hydrogens (tertiary/aromatic N) is 2. The van der Waals surface area contributed by atoms with E-state index in [0.29, 0.717) is 0 Å². The second-order valence-corrected chi connectivity index (χ2v) is 3.57. The predicted octanol–water partition coefficient (Wildman–Crippen LogP) is 2.64. The number of hydrogen-bond acceptors (Lipinski definition) is 3. The van der Waals surface area contributed by atoms with Crippen LogP contribution in [0.3, 0.4) is 0 Å². The Morgan fingerprint density at radius 3 is 2.59 bits per heavy atom. The molecule has 0 unspecified atom stereocenters. The fraction of sp³-hybridized carbons (Fsp3) is 0. The molecule has 0 atom stereocenters. The van der Waals surface area contributed by atoms with Gasteiger partial charge in [-0.05, 0) is 12.1 Å². The molecule has 86 valence electrons. The van der Waals surface area contributed by atoms with Crippen LogP contribution in [-0.2, 0) is 0 Å². The van der Waals surface area contributed by atoms with Gasteiger partial charge in [0.2, 0.25) is 5.78 Å². The standard InChI is InChI=1S/C11H5ClF2N2O/c12-7-4-8(13)6(3-9(7)14)11(17)10-5-15-1-2-16-10/h1-5H. The maximum Gasteiger partial charge on any atom is 0.215 e. The number of carbonyl (C=O) groups is 1. The van der Waals surface area contributed by atoms with E-state index in [1.54, 1.807) is 0 Å². The molecule has 1 heterocycles. The molecule has 0 amide bonds. The Hall–Kier alpha value is -1.88. The number of carbonyl (C=O) groups excluding carboxylic acids is 1. The molecule has 17 heavy (non-hydrogen) atoms. The van der Waals surface area contributed by atoms with Gasteiger partial charge in [-0.15, -0.1) is 0 Å². The van der Waals surface area contributed by atoms with Crippen molar-refractivity contribution in [1.82, 2.24) is 9.97 Å². The Morgan fingerprint density at radius 1 is 1.18 bits per heavy atom. The van der Waals surface area contributed by atoms with Gasteiger partial charge in [-0.25, -0.2) is 13.8 Å². The molecule has 0 N–H and O–H groups in total. The van der Waals surface area contributed by atoms with E-state index in [1.165, 1.54) is 18.6 Å². The lowest BCUT2D eigenvalue weighted by Crippen LogP contribution is -2.07. The first-order valence-electron chi connectivity index (χ1n) is 4.55. The maximum atomic E-state index is 13.4. The summed E-state index contributed by atoms with van der Waals surface area (Å²) in [5, 5.41) is -0.377. The van der Waals surface area contributed by atoms with Crippen molar-refractivity contribution in [3.63, 3.8) is 0 Å². The second-order valence-electron chi connectivity index (χ2n) is 3.17. The molecule has 2 aromatic rings. The van der Waals surface area contributed by atoms with E-state index in [2.05, 4.69) is 9.97 Å². The largest absolute Gasteiger partial charge is 0.287 e. The zero-order valence-corrected chi connectivity index (χ0v) is 9.08. The van der Waals surface area contributed by atoms with Crippen molar-refractivity contribution in [1.29, 1.82) is 0 Å². The fourth-order valence-electron chi connectivity index (χ4n) is 1.25. The van der Waals surface area contributed by atoms with E-state index in [0.717, 1.165) is 12.1 Å². The monoisotopic (exact) mass is 254 g/mol. The molecule has 0 spiro atoms. The van der Waals surface area contributed by atoms with Crippen molar-refractivity contribution in [2.45, 2.75) is 0 Å². The van der Waals surface area contributed by atoms with Crippen molar-refractivity contribution < 1.29 is 13.6 Å². The van der Waals surface area contributed by atoms with Crippen molar-refractivity contribution in [3.8, 4) is 0 Å². The van der Waals surface area contributed by atoms with Gasteiger partial charge < -0.3 is 0 Å². The number of benzene rings is 1. The molecule has 0 saturated heterocycles. The Labute approximate surface area is 100 Å². The van der Waals surface area contributed by atoms with Crippen LogP contribution in [-0.4, -0.2) is 15.8 Å². The van der Waals surface area contributed by atoms with Crippen LogP contribution >= 0.6 is 11.6 Å². The van der Waals surface area contributed by atoms with E-state index in [1.807, 2.05) is 0 Å². The van der Waals surface area contributed by atoms with Crippen LogP contribution in [0.15, 0.2) is 30.7 Å². The predicted molar refractivity (Wildman–Crippen MR) is 56.8 cm³/mol. The molecule has 0 saturated carbocycles. The van der Waals surface area contributed by atoms with E-state index < -0.39 is 23.0 Å². The smallest absolute Gasteiger partial charge is 0.215 e. The summed E-state index contributed by atoms with van der Waals surface area (Å²) in [7, 11) is 0. The number of halogens is 3. The molecule has 0 bridgehead atoms. The molecular formula is C11H5ClF2N2O. The lowest BCUT2D eigenvalue weighted by molar-refractivity contribution is 0.102. The fourth-order valence-corrected chi connectivity index (χ4v) is 1.40. The minimum atomic E-state index is -0.896. The molecule has 0 aliphatic heterocycles. The Balaban J connectivity index is 2.48. The Bertz CT molecular complexity index is 575. The summed E-state index contributed by atoms with van der Waals surface area (Å²) in [4.78, 5) is 19.2. The quantitative estimate of drug-likeness (QED) is 0.611. The molecular weight excluding hydrogens is 250 g/mol. The van der Waals surface area contributed by atoms with E-state index in [4.69, 9.17) is 11.6 Å². The van der Waals surface area contributed by atoms with E-state index in [-0.39, 0.29) is 10.7 Å². The third-order valence-electron chi connectivity index (χ3n) is 2.05. The van der Waals surface area contributed by atoms with Crippen LogP contribution in [0.1, 0.15) is 16.1 Å². The van der Waals surface area contributed by atoms with Crippen molar-refractivity contribution in [2.75, 3.05) is 0 Å². The van der Waals surface area contributed by atoms with Gasteiger partial charge >= 0.3 is 0 Å². The van der Waals surface area contributed by atoms with E-state index in [9.17, 15) is 13.6 Å². The third-order valence-corrected chi connectivity index (χ3v) is 2.34. The van der Waals surface area contributed by atoms with Gasteiger partial charge in [0.05, 0.1) is 16.8 Å². The van der Waals surface area contributed by atoms with Gasteiger partial charge in [0.25, 0.3) is 0 Å². The second kappa shape index (κ2) is 4.55. The summed E-state index contributed by atoms with van der Waals surface area (Å²) in [5.41, 5.74) is -0.486. The minimum absolute atomic E-state index is 0.0619. The molecule has 1 aromatic heterocycles. The SMILES string of the molecule is O=C(c1cnccn1)c1cc(F)c(Cl)cc1F. The first kappa shape index (κ1) is 11.6. The first-order valence-corrected chi connectivity index (χ1v) is 4.92. The number of aromatic nitrogens is 2. The van der Waals surface area contributed by atoms with Gasteiger partial charge in [0.1, 0.15) is 17.3 Å². The molecule has 0 aliphatic rings. The first-order chi connectivity index (χ1) is 8.09. The highest BCUT2D eigenvalue weighted by Gasteiger charge is 2.18. The van der Waals surface area contributed by atoms with Gasteiger partial charge in [-0.1, -0.05) is 11.6 Å². The molecule has 0 fully saturated rings. The Morgan fingerprint density at radius 2 is 1.94 bits per heavy atom. The lowest BCUT2D eigenvalue weighted by atomic mass is 10.1. The highest BCUT2D eigenvalue weighted by molar-refractivity contribution is 6.30. The summed E-state index contributed by atoms with van der Waals surface area (Å²) in [6.07, 6.45) is 3.83. The number of ketones is 1. The van der Waals surface area contributed by atoms with Crippen molar-refractivity contribution in [3.05, 3.63) is 58.6 Å². The molecule has 3 nitrogen and oxygen atoms in total. The van der Waals surface area contributed by atoms with Gasteiger partial charge in [-0.2, -0.15) is 0 Å². The molecule has 1 aromatic carbocycles. The average Bonchev–Trinajstić information content (AvgIpc) is 2.34. The van der Waals surface area contributed by atoms with Gasteiger partial charge in [0.15, 0.2) is 0 Å².